The maximum atomic E-state index is 13.7. The lowest BCUT2D eigenvalue weighted by atomic mass is 10.0. The molecule has 0 aromatic heterocycles. The molecule has 6 heteroatoms. The Hall–Kier alpha value is -1.24. The minimum absolute atomic E-state index is 0.122. The molecule has 1 N–H and O–H groups in total. The molecule has 0 heterocycles. The first-order valence-corrected chi connectivity index (χ1v) is 8.88. The van der Waals surface area contributed by atoms with Gasteiger partial charge in [-0.15, -0.1) is 0 Å². The Labute approximate surface area is 131 Å². The summed E-state index contributed by atoms with van der Waals surface area (Å²) in [5.41, 5.74) is 0.947. The summed E-state index contributed by atoms with van der Waals surface area (Å²) in [6, 6.07) is 10.6. The summed E-state index contributed by atoms with van der Waals surface area (Å²) in [4.78, 5) is 0.188. The van der Waals surface area contributed by atoms with Gasteiger partial charge in [0, 0.05) is 17.1 Å². The van der Waals surface area contributed by atoms with Crippen molar-refractivity contribution in [2.45, 2.75) is 17.4 Å². The predicted molar refractivity (Wildman–Crippen MR) is 82.3 cm³/mol. The third kappa shape index (κ3) is 4.12. The number of aliphatic hydroxyl groups excluding tert-OH is 1. The summed E-state index contributed by atoms with van der Waals surface area (Å²) in [6.07, 6.45) is 0.349. The van der Waals surface area contributed by atoms with Gasteiger partial charge in [0.1, 0.15) is 5.82 Å². The Morgan fingerprint density at radius 3 is 2.33 bits per heavy atom. The average molecular weight is 373 g/mol. The fraction of sp³-hybridized carbons (Fsp3) is 0.200. The standard InChI is InChI=1S/C15H14BrFO3S/c1-21(19,20)13-6-3-10(4-7-13)15(18)8-11-2-5-12(16)9-14(11)17/h2-7,9,15,18H,8H2,1H3. The lowest BCUT2D eigenvalue weighted by molar-refractivity contribution is 0.177. The number of hydrogen-bond acceptors (Lipinski definition) is 3. The van der Waals surface area contributed by atoms with Gasteiger partial charge in [-0.3, -0.25) is 0 Å². The van der Waals surface area contributed by atoms with E-state index in [0.717, 1.165) is 6.26 Å². The van der Waals surface area contributed by atoms with E-state index in [1.54, 1.807) is 12.1 Å². The van der Waals surface area contributed by atoms with Crippen molar-refractivity contribution in [1.29, 1.82) is 0 Å². The van der Waals surface area contributed by atoms with Gasteiger partial charge in [-0.2, -0.15) is 0 Å². The minimum atomic E-state index is -3.26. The van der Waals surface area contributed by atoms with E-state index >= 15 is 0 Å². The van der Waals surface area contributed by atoms with Crippen LogP contribution in [0.5, 0.6) is 0 Å². The maximum Gasteiger partial charge on any atom is 0.175 e. The van der Waals surface area contributed by atoms with Crippen molar-refractivity contribution < 1.29 is 17.9 Å². The van der Waals surface area contributed by atoms with Gasteiger partial charge in [0.2, 0.25) is 0 Å². The highest BCUT2D eigenvalue weighted by atomic mass is 79.9. The summed E-state index contributed by atoms with van der Waals surface area (Å²) < 4.78 is 37.1. The van der Waals surface area contributed by atoms with Crippen LogP contribution in [-0.2, 0) is 16.3 Å². The molecule has 2 rings (SSSR count). The Kier molecular flexibility index (Phi) is 4.81. The molecule has 0 fully saturated rings. The molecular formula is C15H14BrFO3S. The maximum absolute atomic E-state index is 13.7. The van der Waals surface area contributed by atoms with Crippen LogP contribution < -0.4 is 0 Å². The molecule has 0 aliphatic rings. The zero-order valence-electron chi connectivity index (χ0n) is 11.3. The van der Waals surface area contributed by atoms with Crippen LogP contribution in [0.1, 0.15) is 17.2 Å². The molecule has 0 saturated carbocycles. The molecule has 3 nitrogen and oxygen atoms in total. The molecule has 2 aromatic rings. The Bertz CT molecular complexity index is 742. The lowest BCUT2D eigenvalue weighted by Gasteiger charge is -2.12. The van der Waals surface area contributed by atoms with Crippen LogP contribution in [0.15, 0.2) is 51.8 Å². The van der Waals surface area contributed by atoms with E-state index in [0.29, 0.717) is 15.6 Å². The fourth-order valence-corrected chi connectivity index (χ4v) is 2.91. The number of aliphatic hydroxyl groups is 1. The van der Waals surface area contributed by atoms with E-state index in [-0.39, 0.29) is 11.3 Å². The zero-order valence-corrected chi connectivity index (χ0v) is 13.7. The van der Waals surface area contributed by atoms with Crippen molar-refractivity contribution in [2.75, 3.05) is 6.26 Å². The third-order valence-electron chi connectivity index (χ3n) is 3.12. The second kappa shape index (κ2) is 6.25. The normalized spacial score (nSPS) is 13.1. The average Bonchev–Trinajstić information content (AvgIpc) is 2.41. The highest BCUT2D eigenvalue weighted by Gasteiger charge is 2.13. The Balaban J connectivity index is 2.18. The number of benzene rings is 2. The quantitative estimate of drug-likeness (QED) is 0.895. The van der Waals surface area contributed by atoms with Gasteiger partial charge in [0.05, 0.1) is 11.0 Å². The van der Waals surface area contributed by atoms with Gasteiger partial charge in [-0.1, -0.05) is 34.1 Å². The number of sulfone groups is 1. The fourth-order valence-electron chi connectivity index (χ4n) is 1.95. The van der Waals surface area contributed by atoms with Gasteiger partial charge < -0.3 is 5.11 Å². The van der Waals surface area contributed by atoms with Crippen molar-refractivity contribution in [3.05, 3.63) is 63.9 Å². The summed E-state index contributed by atoms with van der Waals surface area (Å²) in [6.45, 7) is 0. The lowest BCUT2D eigenvalue weighted by Crippen LogP contribution is -2.04. The summed E-state index contributed by atoms with van der Waals surface area (Å²) in [5, 5.41) is 10.1. The van der Waals surface area contributed by atoms with E-state index in [9.17, 15) is 17.9 Å². The molecule has 21 heavy (non-hydrogen) atoms. The molecule has 1 atom stereocenters. The first kappa shape index (κ1) is 16.1. The van der Waals surface area contributed by atoms with Gasteiger partial charge in [-0.05, 0) is 35.4 Å². The monoisotopic (exact) mass is 372 g/mol. The second-order valence-corrected chi connectivity index (χ2v) is 7.73. The van der Waals surface area contributed by atoms with E-state index in [4.69, 9.17) is 0 Å². The highest BCUT2D eigenvalue weighted by molar-refractivity contribution is 9.10. The molecule has 0 aliphatic heterocycles. The minimum Gasteiger partial charge on any atom is -0.388 e. The molecule has 0 aliphatic carbocycles. The number of rotatable bonds is 4. The van der Waals surface area contributed by atoms with Crippen LogP contribution in [0.25, 0.3) is 0 Å². The number of halogens is 2. The Morgan fingerprint density at radius 2 is 1.81 bits per heavy atom. The molecular weight excluding hydrogens is 359 g/mol. The van der Waals surface area contributed by atoms with E-state index < -0.39 is 21.8 Å². The van der Waals surface area contributed by atoms with Crippen LogP contribution in [0.3, 0.4) is 0 Å². The van der Waals surface area contributed by atoms with Crippen LogP contribution in [0.4, 0.5) is 4.39 Å². The molecule has 1 unspecified atom stereocenters. The van der Waals surface area contributed by atoms with Crippen LogP contribution in [-0.4, -0.2) is 19.8 Å². The van der Waals surface area contributed by atoms with Gasteiger partial charge in [0.15, 0.2) is 9.84 Å². The highest BCUT2D eigenvalue weighted by Crippen LogP contribution is 2.23. The van der Waals surface area contributed by atoms with Crippen molar-refractivity contribution in [2.24, 2.45) is 0 Å². The molecule has 2 aromatic carbocycles. The Morgan fingerprint density at radius 1 is 1.19 bits per heavy atom. The van der Waals surface area contributed by atoms with E-state index in [1.807, 2.05) is 0 Å². The van der Waals surface area contributed by atoms with Gasteiger partial charge in [-0.25, -0.2) is 12.8 Å². The summed E-state index contributed by atoms with van der Waals surface area (Å²) in [7, 11) is -3.26. The van der Waals surface area contributed by atoms with Crippen molar-refractivity contribution in [3.63, 3.8) is 0 Å². The molecule has 112 valence electrons. The topological polar surface area (TPSA) is 54.4 Å². The van der Waals surface area contributed by atoms with Crippen molar-refractivity contribution in [1.82, 2.24) is 0 Å². The summed E-state index contributed by atoms with van der Waals surface area (Å²) >= 11 is 3.17. The van der Waals surface area contributed by atoms with Crippen LogP contribution >= 0.6 is 15.9 Å². The summed E-state index contributed by atoms with van der Waals surface area (Å²) in [5.74, 6) is -0.392. The SMILES string of the molecule is CS(=O)(=O)c1ccc(C(O)Cc2ccc(Br)cc2F)cc1. The van der Waals surface area contributed by atoms with Crippen LogP contribution in [0.2, 0.25) is 0 Å². The molecule has 0 spiro atoms. The molecule has 0 radical (unpaired) electrons. The molecule has 0 saturated heterocycles. The van der Waals surface area contributed by atoms with Crippen molar-refractivity contribution >= 4 is 25.8 Å². The third-order valence-corrected chi connectivity index (χ3v) is 4.74. The predicted octanol–water partition coefficient (Wildman–Crippen LogP) is 3.27. The molecule has 0 amide bonds. The first-order chi connectivity index (χ1) is 9.77. The van der Waals surface area contributed by atoms with Gasteiger partial charge >= 0.3 is 0 Å². The zero-order chi connectivity index (χ0) is 15.6. The van der Waals surface area contributed by atoms with Gasteiger partial charge in [0.25, 0.3) is 0 Å². The van der Waals surface area contributed by atoms with E-state index in [1.165, 1.54) is 30.3 Å². The van der Waals surface area contributed by atoms with E-state index in [2.05, 4.69) is 15.9 Å². The second-order valence-electron chi connectivity index (χ2n) is 4.80. The largest absolute Gasteiger partial charge is 0.388 e. The van der Waals surface area contributed by atoms with Crippen molar-refractivity contribution in [3.8, 4) is 0 Å². The number of hydrogen-bond donors (Lipinski definition) is 1. The smallest absolute Gasteiger partial charge is 0.175 e. The first-order valence-electron chi connectivity index (χ1n) is 6.19. The molecule has 0 bridgehead atoms. The van der Waals surface area contributed by atoms with Crippen LogP contribution in [0, 0.1) is 5.82 Å².